The van der Waals surface area contributed by atoms with Crippen molar-refractivity contribution in [2.45, 2.75) is 226 Å². The maximum absolute atomic E-state index is 12.7. The van der Waals surface area contributed by atoms with Crippen LogP contribution in [-0.2, 0) is 28.6 Å². The van der Waals surface area contributed by atoms with Crippen LogP contribution in [0.2, 0.25) is 0 Å². The summed E-state index contributed by atoms with van der Waals surface area (Å²) in [6.45, 7) is 6.30. The van der Waals surface area contributed by atoms with Gasteiger partial charge in [0.2, 0.25) is 0 Å². The van der Waals surface area contributed by atoms with E-state index >= 15 is 0 Å². The number of rotatable bonds is 44. The summed E-state index contributed by atoms with van der Waals surface area (Å²) < 4.78 is 16.6. The normalized spacial score (nSPS) is 12.9. The molecule has 0 spiro atoms. The number of ether oxygens (including phenoxy) is 3. The first kappa shape index (κ1) is 58.3. The lowest BCUT2D eigenvalue weighted by Crippen LogP contribution is -2.30. The molecule has 0 aromatic heterocycles. The van der Waals surface area contributed by atoms with Crippen LogP contribution >= 0.6 is 0 Å². The van der Waals surface area contributed by atoms with Crippen molar-refractivity contribution in [2.75, 3.05) is 13.2 Å². The van der Waals surface area contributed by atoms with Crippen molar-refractivity contribution in [1.29, 1.82) is 0 Å². The molecule has 0 rings (SSSR count). The third-order valence-electron chi connectivity index (χ3n) is 10.3. The minimum Gasteiger partial charge on any atom is -0.462 e. The summed E-state index contributed by atoms with van der Waals surface area (Å²) in [4.78, 5) is 37.7. The number of carbonyl (C=O) groups is 3. The minimum absolute atomic E-state index is 0.0963. The molecule has 352 valence electrons. The zero-order valence-electron chi connectivity index (χ0n) is 40.1. The van der Waals surface area contributed by atoms with Gasteiger partial charge in [0, 0.05) is 19.3 Å². The SMILES string of the molecule is CC/C=C\C/C=C\C/C=C\C/C=C\CCCCCCCCCCCCC(=O)OCC(COC(=O)CCCCCCCC)OC(=O)CCCC/C=C\C/C=C\C/C=C\C/C=C\CC. The molecule has 1 unspecified atom stereocenters. The van der Waals surface area contributed by atoms with Crippen LogP contribution in [0.5, 0.6) is 0 Å². The van der Waals surface area contributed by atoms with Gasteiger partial charge in [0.25, 0.3) is 0 Å². The van der Waals surface area contributed by atoms with Gasteiger partial charge in [-0.1, -0.05) is 201 Å². The van der Waals surface area contributed by atoms with Crippen LogP contribution in [0, 0.1) is 0 Å². The van der Waals surface area contributed by atoms with Crippen LogP contribution in [0.3, 0.4) is 0 Å². The van der Waals surface area contributed by atoms with Crippen molar-refractivity contribution < 1.29 is 28.6 Å². The molecule has 6 nitrogen and oxygen atoms in total. The van der Waals surface area contributed by atoms with Gasteiger partial charge in [-0.15, -0.1) is 0 Å². The first-order valence-electron chi connectivity index (χ1n) is 25.2. The van der Waals surface area contributed by atoms with Gasteiger partial charge >= 0.3 is 17.9 Å². The Balaban J connectivity index is 4.24. The van der Waals surface area contributed by atoms with Crippen LogP contribution < -0.4 is 0 Å². The van der Waals surface area contributed by atoms with E-state index in [1.54, 1.807) is 0 Å². The largest absolute Gasteiger partial charge is 0.462 e. The maximum Gasteiger partial charge on any atom is 0.306 e. The summed E-state index contributed by atoms with van der Waals surface area (Å²) in [5.74, 6) is -0.957. The molecule has 0 aromatic carbocycles. The summed E-state index contributed by atoms with van der Waals surface area (Å²) in [7, 11) is 0. The number of unbranched alkanes of at least 4 members (excludes halogenated alkanes) is 17. The Labute approximate surface area is 381 Å². The van der Waals surface area contributed by atoms with Gasteiger partial charge in [-0.05, 0) is 96.3 Å². The Morgan fingerprint density at radius 2 is 0.629 bits per heavy atom. The molecule has 0 saturated carbocycles. The average molecular weight is 861 g/mol. The monoisotopic (exact) mass is 861 g/mol. The van der Waals surface area contributed by atoms with Gasteiger partial charge in [0.15, 0.2) is 6.10 Å². The second-order valence-electron chi connectivity index (χ2n) is 16.3. The highest BCUT2D eigenvalue weighted by Gasteiger charge is 2.19. The molecule has 0 aliphatic carbocycles. The molecule has 0 fully saturated rings. The molecule has 1 atom stereocenters. The molecular weight excluding hydrogens is 769 g/mol. The molecule has 6 heteroatoms. The first-order valence-corrected chi connectivity index (χ1v) is 25.2. The highest BCUT2D eigenvalue weighted by atomic mass is 16.6. The summed E-state index contributed by atoms with van der Waals surface area (Å²) in [6.07, 6.45) is 65.7. The number of allylic oxidation sites excluding steroid dienone is 16. The summed E-state index contributed by atoms with van der Waals surface area (Å²) in [5.41, 5.74) is 0. The van der Waals surface area contributed by atoms with E-state index in [0.717, 1.165) is 103 Å². The highest BCUT2D eigenvalue weighted by Crippen LogP contribution is 2.14. The van der Waals surface area contributed by atoms with Gasteiger partial charge in [-0.3, -0.25) is 14.4 Å². The van der Waals surface area contributed by atoms with Crippen molar-refractivity contribution in [3.05, 3.63) is 97.2 Å². The number of hydrogen-bond donors (Lipinski definition) is 0. The smallest absolute Gasteiger partial charge is 0.306 e. The van der Waals surface area contributed by atoms with Crippen molar-refractivity contribution in [1.82, 2.24) is 0 Å². The first-order chi connectivity index (χ1) is 30.5. The predicted molar refractivity (Wildman–Crippen MR) is 265 cm³/mol. The van der Waals surface area contributed by atoms with Crippen LogP contribution in [0.25, 0.3) is 0 Å². The van der Waals surface area contributed by atoms with E-state index in [1.165, 1.54) is 70.6 Å². The molecule has 62 heavy (non-hydrogen) atoms. The Hall–Kier alpha value is -3.67. The Bertz CT molecular complexity index is 1260. The second kappa shape index (κ2) is 50.0. The number of esters is 3. The van der Waals surface area contributed by atoms with Crippen molar-refractivity contribution >= 4 is 17.9 Å². The molecule has 0 aliphatic rings. The van der Waals surface area contributed by atoms with Crippen LogP contribution in [0.15, 0.2) is 97.2 Å². The highest BCUT2D eigenvalue weighted by molar-refractivity contribution is 5.71. The molecule has 0 aliphatic heterocycles. The van der Waals surface area contributed by atoms with Crippen LogP contribution in [-0.4, -0.2) is 37.2 Å². The summed E-state index contributed by atoms with van der Waals surface area (Å²) in [5, 5.41) is 0. The number of hydrogen-bond acceptors (Lipinski definition) is 6. The minimum atomic E-state index is -0.797. The summed E-state index contributed by atoms with van der Waals surface area (Å²) >= 11 is 0. The van der Waals surface area contributed by atoms with E-state index in [4.69, 9.17) is 14.2 Å². The van der Waals surface area contributed by atoms with Crippen molar-refractivity contribution in [2.24, 2.45) is 0 Å². The van der Waals surface area contributed by atoms with Gasteiger partial charge in [0.1, 0.15) is 13.2 Å². The zero-order valence-corrected chi connectivity index (χ0v) is 40.1. The Kier molecular flexibility index (Phi) is 47.0. The third-order valence-corrected chi connectivity index (χ3v) is 10.3. The zero-order chi connectivity index (χ0) is 45.1. The predicted octanol–water partition coefficient (Wildman–Crippen LogP) is 16.6. The fraction of sp³-hybridized carbons (Fsp3) is 0.661. The topological polar surface area (TPSA) is 78.9 Å². The molecule has 0 radical (unpaired) electrons. The quantitative estimate of drug-likeness (QED) is 0.0263. The Morgan fingerprint density at radius 3 is 1.02 bits per heavy atom. The molecular formula is C56H92O6. The lowest BCUT2D eigenvalue weighted by Gasteiger charge is -2.18. The molecule has 0 aromatic rings. The molecule has 0 N–H and O–H groups in total. The van der Waals surface area contributed by atoms with Gasteiger partial charge in [0.05, 0.1) is 0 Å². The molecule has 0 amide bonds. The van der Waals surface area contributed by atoms with Crippen LogP contribution in [0.1, 0.15) is 220 Å². The van der Waals surface area contributed by atoms with Gasteiger partial charge < -0.3 is 14.2 Å². The van der Waals surface area contributed by atoms with E-state index in [1.807, 2.05) is 0 Å². The fourth-order valence-electron chi connectivity index (χ4n) is 6.60. The van der Waals surface area contributed by atoms with E-state index in [2.05, 4.69) is 118 Å². The molecule has 0 bridgehead atoms. The fourth-order valence-corrected chi connectivity index (χ4v) is 6.60. The molecule has 0 heterocycles. The maximum atomic E-state index is 12.7. The average Bonchev–Trinajstić information content (AvgIpc) is 3.27. The second-order valence-corrected chi connectivity index (χ2v) is 16.3. The van der Waals surface area contributed by atoms with Crippen molar-refractivity contribution in [3.8, 4) is 0 Å². The van der Waals surface area contributed by atoms with E-state index in [0.29, 0.717) is 19.3 Å². The number of carbonyl (C=O) groups excluding carboxylic acids is 3. The van der Waals surface area contributed by atoms with E-state index < -0.39 is 6.10 Å². The van der Waals surface area contributed by atoms with Gasteiger partial charge in [-0.2, -0.15) is 0 Å². The van der Waals surface area contributed by atoms with Gasteiger partial charge in [-0.25, -0.2) is 0 Å². The third kappa shape index (κ3) is 47.4. The van der Waals surface area contributed by atoms with E-state index in [9.17, 15) is 14.4 Å². The lowest BCUT2D eigenvalue weighted by atomic mass is 10.1. The van der Waals surface area contributed by atoms with Crippen LogP contribution in [0.4, 0.5) is 0 Å². The molecule has 0 saturated heterocycles. The lowest BCUT2D eigenvalue weighted by molar-refractivity contribution is -0.167. The summed E-state index contributed by atoms with van der Waals surface area (Å²) in [6, 6.07) is 0. The van der Waals surface area contributed by atoms with E-state index in [-0.39, 0.29) is 37.5 Å². The Morgan fingerprint density at radius 1 is 0.339 bits per heavy atom. The van der Waals surface area contributed by atoms with Crippen molar-refractivity contribution in [3.63, 3.8) is 0 Å². The standard InChI is InChI=1S/C56H92O6/c1-4-7-10-13-16-18-20-22-24-25-26-27-28-29-30-31-33-34-36-38-40-43-46-49-55(58)61-52-53(51-60-54(57)48-45-42-15-12-9-6-3)62-56(59)50-47-44-41-39-37-35-32-23-21-19-17-14-11-8-5-2/h7-8,10-11,16-19,22-24,26-27,32,37,39,53H,4-6,9,12-15,20-21,25,28-31,33-36,38,40-52H2,1-3H3/b10-7-,11-8-,18-16-,19-17-,24-22-,27-26-,32-23-,39-37-.